The Morgan fingerprint density at radius 3 is 2.47 bits per heavy atom. The standard InChI is InChI=1S/C12H14FN3O/c1-7-4-11(9(3)17-7)8(2)16-12-14-5-10(13)6-15-12/h4-6,8H,1-3H3,(H,14,15,16). The fourth-order valence-corrected chi connectivity index (χ4v) is 1.74. The number of nitrogens with one attached hydrogen (secondary N) is 1. The number of rotatable bonds is 3. The van der Waals surface area contributed by atoms with E-state index in [2.05, 4.69) is 15.3 Å². The lowest BCUT2D eigenvalue weighted by Gasteiger charge is -2.12. The summed E-state index contributed by atoms with van der Waals surface area (Å²) >= 11 is 0. The average Bonchev–Trinajstić information content (AvgIpc) is 2.61. The van der Waals surface area contributed by atoms with Crippen molar-refractivity contribution >= 4 is 5.95 Å². The van der Waals surface area contributed by atoms with Gasteiger partial charge in [0, 0.05) is 5.56 Å². The molecule has 0 spiro atoms. The molecule has 17 heavy (non-hydrogen) atoms. The van der Waals surface area contributed by atoms with Crippen LogP contribution in [0.2, 0.25) is 0 Å². The van der Waals surface area contributed by atoms with Crippen molar-refractivity contribution in [2.75, 3.05) is 5.32 Å². The van der Waals surface area contributed by atoms with Crippen molar-refractivity contribution in [1.29, 1.82) is 0 Å². The van der Waals surface area contributed by atoms with E-state index < -0.39 is 5.82 Å². The zero-order valence-corrected chi connectivity index (χ0v) is 9.99. The molecule has 1 N–H and O–H groups in total. The van der Waals surface area contributed by atoms with Gasteiger partial charge in [0.1, 0.15) is 11.5 Å². The Morgan fingerprint density at radius 2 is 1.94 bits per heavy atom. The number of aryl methyl sites for hydroxylation is 2. The van der Waals surface area contributed by atoms with Gasteiger partial charge in [-0.1, -0.05) is 0 Å². The second-order valence-corrected chi connectivity index (χ2v) is 3.96. The Balaban J connectivity index is 2.14. The van der Waals surface area contributed by atoms with Crippen molar-refractivity contribution in [2.45, 2.75) is 26.8 Å². The molecule has 0 amide bonds. The van der Waals surface area contributed by atoms with Crippen LogP contribution in [0.3, 0.4) is 0 Å². The molecule has 1 atom stereocenters. The highest BCUT2D eigenvalue weighted by atomic mass is 19.1. The third kappa shape index (κ3) is 2.61. The number of anilines is 1. The predicted octanol–water partition coefficient (Wildman–Crippen LogP) is 3.00. The molecular weight excluding hydrogens is 221 g/mol. The smallest absolute Gasteiger partial charge is 0.223 e. The molecule has 0 saturated heterocycles. The third-order valence-electron chi connectivity index (χ3n) is 2.51. The van der Waals surface area contributed by atoms with Crippen LogP contribution in [0.5, 0.6) is 0 Å². The first-order chi connectivity index (χ1) is 8.06. The molecule has 2 rings (SSSR count). The number of halogens is 1. The van der Waals surface area contributed by atoms with Gasteiger partial charge in [0.05, 0.1) is 18.4 Å². The van der Waals surface area contributed by atoms with Gasteiger partial charge in [-0.2, -0.15) is 0 Å². The van der Waals surface area contributed by atoms with Crippen LogP contribution in [0.15, 0.2) is 22.9 Å². The van der Waals surface area contributed by atoms with E-state index >= 15 is 0 Å². The van der Waals surface area contributed by atoms with Crippen LogP contribution in [0, 0.1) is 19.7 Å². The van der Waals surface area contributed by atoms with E-state index in [0.29, 0.717) is 5.95 Å². The van der Waals surface area contributed by atoms with Gasteiger partial charge in [0.2, 0.25) is 5.95 Å². The third-order valence-corrected chi connectivity index (χ3v) is 2.51. The van der Waals surface area contributed by atoms with Crippen molar-refractivity contribution in [3.63, 3.8) is 0 Å². The lowest BCUT2D eigenvalue weighted by molar-refractivity contribution is 0.499. The Morgan fingerprint density at radius 1 is 1.29 bits per heavy atom. The molecule has 0 radical (unpaired) electrons. The van der Waals surface area contributed by atoms with E-state index in [1.165, 1.54) is 0 Å². The average molecular weight is 235 g/mol. The number of hydrogen-bond acceptors (Lipinski definition) is 4. The van der Waals surface area contributed by atoms with Gasteiger partial charge in [-0.15, -0.1) is 0 Å². The lowest BCUT2D eigenvalue weighted by atomic mass is 10.1. The second kappa shape index (κ2) is 4.53. The van der Waals surface area contributed by atoms with Gasteiger partial charge in [-0.25, -0.2) is 14.4 Å². The number of nitrogens with zero attached hydrogens (tertiary/aromatic N) is 2. The zero-order chi connectivity index (χ0) is 12.4. The van der Waals surface area contributed by atoms with Crippen molar-refractivity contribution in [2.24, 2.45) is 0 Å². The van der Waals surface area contributed by atoms with Crippen molar-refractivity contribution in [1.82, 2.24) is 9.97 Å². The van der Waals surface area contributed by atoms with Gasteiger partial charge in [0.15, 0.2) is 5.82 Å². The van der Waals surface area contributed by atoms with E-state index in [1.807, 2.05) is 26.8 Å². The molecule has 2 aromatic rings. The number of hydrogen-bond donors (Lipinski definition) is 1. The summed E-state index contributed by atoms with van der Waals surface area (Å²) < 4.78 is 18.1. The van der Waals surface area contributed by atoms with Crippen LogP contribution in [0.25, 0.3) is 0 Å². The van der Waals surface area contributed by atoms with E-state index in [-0.39, 0.29) is 6.04 Å². The summed E-state index contributed by atoms with van der Waals surface area (Å²) in [7, 11) is 0. The van der Waals surface area contributed by atoms with E-state index in [9.17, 15) is 4.39 Å². The number of furan rings is 1. The van der Waals surface area contributed by atoms with Gasteiger partial charge >= 0.3 is 0 Å². The molecule has 2 heterocycles. The van der Waals surface area contributed by atoms with Crippen LogP contribution in [0.4, 0.5) is 10.3 Å². The summed E-state index contributed by atoms with van der Waals surface area (Å²) in [6.45, 7) is 5.79. The minimum atomic E-state index is -0.446. The largest absolute Gasteiger partial charge is 0.466 e. The maximum atomic E-state index is 12.6. The molecule has 0 aliphatic rings. The van der Waals surface area contributed by atoms with Crippen LogP contribution >= 0.6 is 0 Å². The molecule has 1 unspecified atom stereocenters. The van der Waals surface area contributed by atoms with Gasteiger partial charge in [0.25, 0.3) is 0 Å². The molecule has 2 aromatic heterocycles. The monoisotopic (exact) mass is 235 g/mol. The first-order valence-corrected chi connectivity index (χ1v) is 5.37. The molecule has 0 aliphatic heterocycles. The summed E-state index contributed by atoms with van der Waals surface area (Å²) in [6, 6.07) is 1.98. The summed E-state index contributed by atoms with van der Waals surface area (Å²) in [5, 5.41) is 3.09. The first kappa shape index (κ1) is 11.6. The minimum absolute atomic E-state index is 0.0120. The summed E-state index contributed by atoms with van der Waals surface area (Å²) in [4.78, 5) is 7.70. The maximum Gasteiger partial charge on any atom is 0.223 e. The fourth-order valence-electron chi connectivity index (χ4n) is 1.74. The zero-order valence-electron chi connectivity index (χ0n) is 9.99. The topological polar surface area (TPSA) is 51.0 Å². The minimum Gasteiger partial charge on any atom is -0.466 e. The normalized spacial score (nSPS) is 12.5. The highest BCUT2D eigenvalue weighted by Gasteiger charge is 2.13. The van der Waals surface area contributed by atoms with Gasteiger partial charge < -0.3 is 9.73 Å². The maximum absolute atomic E-state index is 12.6. The van der Waals surface area contributed by atoms with Crippen LogP contribution in [-0.4, -0.2) is 9.97 Å². The SMILES string of the molecule is Cc1cc(C(C)Nc2ncc(F)cn2)c(C)o1. The highest BCUT2D eigenvalue weighted by Crippen LogP contribution is 2.23. The van der Waals surface area contributed by atoms with Crippen LogP contribution in [-0.2, 0) is 0 Å². The summed E-state index contributed by atoms with van der Waals surface area (Å²) in [5.74, 6) is 1.69. The molecule has 0 bridgehead atoms. The summed E-state index contributed by atoms with van der Waals surface area (Å²) in [5.41, 5.74) is 1.05. The van der Waals surface area contributed by atoms with E-state index in [4.69, 9.17) is 4.42 Å². The molecule has 4 nitrogen and oxygen atoms in total. The Kier molecular flexibility index (Phi) is 3.08. The second-order valence-electron chi connectivity index (χ2n) is 3.96. The highest BCUT2D eigenvalue weighted by molar-refractivity contribution is 5.33. The van der Waals surface area contributed by atoms with E-state index in [0.717, 1.165) is 29.5 Å². The van der Waals surface area contributed by atoms with E-state index in [1.54, 1.807) is 0 Å². The van der Waals surface area contributed by atoms with Crippen molar-refractivity contribution < 1.29 is 8.81 Å². The molecule has 0 aliphatic carbocycles. The summed E-state index contributed by atoms with van der Waals surface area (Å²) in [6.07, 6.45) is 2.27. The van der Waals surface area contributed by atoms with Crippen molar-refractivity contribution in [3.05, 3.63) is 41.4 Å². The van der Waals surface area contributed by atoms with Crippen LogP contribution in [0.1, 0.15) is 30.0 Å². The molecular formula is C12H14FN3O. The van der Waals surface area contributed by atoms with Gasteiger partial charge in [-0.05, 0) is 26.8 Å². The Bertz CT molecular complexity index is 507. The Hall–Kier alpha value is -1.91. The number of aromatic nitrogens is 2. The Labute approximate surface area is 98.9 Å². The quantitative estimate of drug-likeness (QED) is 0.888. The van der Waals surface area contributed by atoms with Crippen LogP contribution < -0.4 is 5.32 Å². The molecule has 0 saturated carbocycles. The fraction of sp³-hybridized carbons (Fsp3) is 0.333. The molecule has 0 fully saturated rings. The predicted molar refractivity (Wildman–Crippen MR) is 62.2 cm³/mol. The van der Waals surface area contributed by atoms with Gasteiger partial charge in [-0.3, -0.25) is 0 Å². The first-order valence-electron chi connectivity index (χ1n) is 5.37. The molecule has 5 heteroatoms. The molecule has 90 valence electrons. The lowest BCUT2D eigenvalue weighted by Crippen LogP contribution is -2.09. The molecule has 0 aromatic carbocycles. The van der Waals surface area contributed by atoms with Crippen molar-refractivity contribution in [3.8, 4) is 0 Å².